The van der Waals surface area contributed by atoms with Gasteiger partial charge in [0.05, 0.1) is 51.6 Å². The van der Waals surface area contributed by atoms with E-state index in [9.17, 15) is 117 Å². The van der Waals surface area contributed by atoms with Gasteiger partial charge in [-0.05, 0) is 86.5 Å². The number of aliphatic hydroxyl groups excluding tert-OH is 2. The van der Waals surface area contributed by atoms with E-state index >= 15 is 0 Å². The molecule has 1 aliphatic rings. The summed E-state index contributed by atoms with van der Waals surface area (Å²) in [6.45, 7) is 6.93. The lowest BCUT2D eigenvalue weighted by Gasteiger charge is -2.30. The molecule has 13 atom stereocenters. The van der Waals surface area contributed by atoms with Crippen molar-refractivity contribution in [1.29, 1.82) is 0 Å². The number of aliphatic hydroxyl groups is 2. The summed E-state index contributed by atoms with van der Waals surface area (Å²) < 4.78 is 0. The third-order valence-corrected chi connectivity index (χ3v) is 17.0. The number of nitrogens with zero attached hydrogens (tertiary/aromatic N) is 1. The second-order valence-corrected chi connectivity index (χ2v) is 27.8. The highest BCUT2D eigenvalue weighted by molar-refractivity contribution is 6.01. The van der Waals surface area contributed by atoms with E-state index in [1.54, 1.807) is 71.9 Å². The van der Waals surface area contributed by atoms with Crippen molar-refractivity contribution >= 4 is 112 Å². The third kappa shape index (κ3) is 33.1. The summed E-state index contributed by atoms with van der Waals surface area (Å²) in [5.74, 6) is -22.6. The summed E-state index contributed by atoms with van der Waals surface area (Å²) >= 11 is 0. The number of nitrogens with one attached hydrogen (secondary N) is 13. The number of benzene rings is 2. The topological polar surface area (TPSA) is 689 Å². The fraction of sp³-hybridized carbons (Fsp3) is 0.557. The molecule has 0 unspecified atom stereocenters. The SMILES string of the molecule is CC(C)C[C@H](NC(=O)[C@H](CC(C)C)NC(=O)[C@H](Cc1ccc(O)cc1)NC(=O)[C@@H](NC(=O)[C@H](C)NC(=O)[C@@H]1CCCN1C(=O)[C@H](CO)NC(=O)[C@H](CC(N)=O)NC(=O)[C@H](CC(N)=O)NC(=O)CNC(=O)CNC(=O)[C@H](CO)NC(=O)[C@H](CCC(N)=O)NC(=O)[C@@H](N)Cc1ccccc1)C(C)C)C(=O)N[C@@H](CC(=O)O)C(=O)O. The van der Waals surface area contributed by atoms with Crippen LogP contribution < -0.4 is 92.1 Å². The van der Waals surface area contributed by atoms with Crippen LogP contribution in [-0.2, 0) is 104 Å². The molecule has 0 aromatic heterocycles. The predicted octanol–water partition coefficient (Wildman–Crippen LogP) is -8.61. The minimum Gasteiger partial charge on any atom is -0.508 e. The van der Waals surface area contributed by atoms with Crippen LogP contribution in [0, 0.1) is 17.8 Å². The van der Waals surface area contributed by atoms with Gasteiger partial charge in [-0.2, -0.15) is 0 Å². The fourth-order valence-corrected chi connectivity index (χ4v) is 11.2. The molecular weight excluding hydrogens is 1480 g/mol. The second-order valence-electron chi connectivity index (χ2n) is 27.8. The van der Waals surface area contributed by atoms with Crippen LogP contribution in [0.25, 0.3) is 0 Å². The highest BCUT2D eigenvalue weighted by Crippen LogP contribution is 2.20. The first-order valence-electron chi connectivity index (χ1n) is 35.8. The summed E-state index contributed by atoms with van der Waals surface area (Å²) in [7, 11) is 0. The van der Waals surface area contributed by atoms with E-state index in [-0.39, 0.29) is 69.1 Å². The quantitative estimate of drug-likeness (QED) is 0.0293. The van der Waals surface area contributed by atoms with E-state index in [1.807, 2.05) is 0 Å². The average Bonchev–Trinajstić information content (AvgIpc) is 1.54. The molecule has 0 bridgehead atoms. The maximum Gasteiger partial charge on any atom is 0.326 e. The van der Waals surface area contributed by atoms with Crippen molar-refractivity contribution in [2.24, 2.45) is 40.7 Å². The molecule has 618 valence electrons. The average molecular weight is 1580 g/mol. The molecule has 17 amide bonds. The van der Waals surface area contributed by atoms with Crippen molar-refractivity contribution in [3.8, 4) is 5.75 Å². The Hall–Kier alpha value is -12.0. The molecule has 42 heteroatoms. The Balaban J connectivity index is 1.70. The lowest BCUT2D eigenvalue weighted by molar-refractivity contribution is -0.147. The number of aromatic hydroxyl groups is 1. The van der Waals surface area contributed by atoms with E-state index in [0.717, 1.165) is 4.90 Å². The van der Waals surface area contributed by atoms with Crippen LogP contribution in [0.15, 0.2) is 54.6 Å². The molecule has 2 aromatic carbocycles. The molecule has 112 heavy (non-hydrogen) atoms. The molecule has 26 N–H and O–H groups in total. The van der Waals surface area contributed by atoms with E-state index in [4.69, 9.17) is 22.9 Å². The van der Waals surface area contributed by atoms with E-state index in [2.05, 4.69) is 69.1 Å². The van der Waals surface area contributed by atoms with Crippen molar-refractivity contribution in [2.75, 3.05) is 32.8 Å². The van der Waals surface area contributed by atoms with Gasteiger partial charge in [-0.1, -0.05) is 84.0 Å². The number of carbonyl (C=O) groups excluding carboxylic acids is 17. The van der Waals surface area contributed by atoms with Gasteiger partial charge in [0, 0.05) is 19.4 Å². The maximum atomic E-state index is 14.4. The molecule has 42 nitrogen and oxygen atoms in total. The molecule has 2 aromatic rings. The van der Waals surface area contributed by atoms with E-state index in [0.29, 0.717) is 11.1 Å². The number of nitrogens with two attached hydrogens (primary N) is 4. The van der Waals surface area contributed by atoms with Crippen LogP contribution in [0.2, 0.25) is 0 Å². The molecule has 0 radical (unpaired) electrons. The lowest BCUT2D eigenvalue weighted by Crippen LogP contribution is -2.61. The minimum absolute atomic E-state index is 0.0328. The number of carboxylic acids is 2. The monoisotopic (exact) mass is 1580 g/mol. The van der Waals surface area contributed by atoms with Crippen LogP contribution >= 0.6 is 0 Å². The number of aliphatic carboxylic acids is 2. The van der Waals surface area contributed by atoms with E-state index < -0.39 is 249 Å². The first-order chi connectivity index (χ1) is 52.5. The second kappa shape index (κ2) is 46.5. The predicted molar refractivity (Wildman–Crippen MR) is 391 cm³/mol. The van der Waals surface area contributed by atoms with Crippen LogP contribution in [-0.4, -0.2) is 254 Å². The Bertz CT molecular complexity index is 3700. The largest absolute Gasteiger partial charge is 0.508 e. The van der Waals surface area contributed by atoms with Crippen LogP contribution in [0.3, 0.4) is 0 Å². The Kier molecular flexibility index (Phi) is 39.2. The number of rotatable bonds is 48. The van der Waals surface area contributed by atoms with E-state index in [1.165, 1.54) is 31.2 Å². The van der Waals surface area contributed by atoms with Gasteiger partial charge >= 0.3 is 11.9 Å². The first kappa shape index (κ1) is 94.3. The summed E-state index contributed by atoms with van der Waals surface area (Å²) in [5.41, 5.74) is 23.1. The molecule has 0 spiro atoms. The molecule has 1 heterocycles. The summed E-state index contributed by atoms with van der Waals surface area (Å²) in [5, 5.41) is 79.4. The zero-order valence-corrected chi connectivity index (χ0v) is 63.0. The smallest absolute Gasteiger partial charge is 0.326 e. The van der Waals surface area contributed by atoms with Gasteiger partial charge < -0.3 is 122 Å². The third-order valence-electron chi connectivity index (χ3n) is 17.0. The number of hydrogen-bond donors (Lipinski definition) is 22. The number of carboxylic acid groups (broad SMARTS) is 2. The molecule has 0 aliphatic carbocycles. The summed E-state index contributed by atoms with van der Waals surface area (Å²) in [6.07, 6.45) is -3.86. The van der Waals surface area contributed by atoms with Crippen LogP contribution in [0.4, 0.5) is 0 Å². The van der Waals surface area contributed by atoms with Crippen LogP contribution in [0.1, 0.15) is 117 Å². The zero-order valence-electron chi connectivity index (χ0n) is 63.0. The van der Waals surface area contributed by atoms with Crippen molar-refractivity contribution in [3.63, 3.8) is 0 Å². The number of likely N-dealkylation sites (tertiary alicyclic amines) is 1. The minimum atomic E-state index is -2.01. The summed E-state index contributed by atoms with van der Waals surface area (Å²) in [4.78, 5) is 251. The fourth-order valence-electron chi connectivity index (χ4n) is 11.2. The number of primary amides is 3. The molecule has 0 saturated carbocycles. The van der Waals surface area contributed by atoms with Gasteiger partial charge in [0.2, 0.25) is 100 Å². The zero-order chi connectivity index (χ0) is 84.4. The summed E-state index contributed by atoms with van der Waals surface area (Å²) in [6, 6.07) is -6.59. The number of hydrogen-bond acceptors (Lipinski definition) is 23. The van der Waals surface area contributed by atoms with Gasteiger partial charge in [0.1, 0.15) is 78.3 Å². The van der Waals surface area contributed by atoms with Gasteiger partial charge in [0.15, 0.2) is 0 Å². The molecule has 3 rings (SSSR count). The van der Waals surface area contributed by atoms with Gasteiger partial charge in [-0.3, -0.25) is 86.3 Å². The molecule has 1 aliphatic heterocycles. The Morgan fingerprint density at radius 1 is 0.455 bits per heavy atom. The van der Waals surface area contributed by atoms with Crippen molar-refractivity contribution < 1.29 is 117 Å². The highest BCUT2D eigenvalue weighted by atomic mass is 16.4. The molecule has 1 saturated heterocycles. The van der Waals surface area contributed by atoms with Crippen molar-refractivity contribution in [3.05, 3.63) is 65.7 Å². The first-order valence-corrected chi connectivity index (χ1v) is 35.8. The number of carbonyl (C=O) groups is 19. The van der Waals surface area contributed by atoms with Gasteiger partial charge in [-0.15, -0.1) is 0 Å². The molecule has 1 fully saturated rings. The van der Waals surface area contributed by atoms with Crippen molar-refractivity contribution in [1.82, 2.24) is 74.0 Å². The Morgan fingerprint density at radius 2 is 0.920 bits per heavy atom. The van der Waals surface area contributed by atoms with Gasteiger partial charge in [0.25, 0.3) is 0 Å². The molecular formula is C70H104N18O24. The Morgan fingerprint density at radius 3 is 1.43 bits per heavy atom. The number of phenols is 1. The van der Waals surface area contributed by atoms with Crippen LogP contribution in [0.5, 0.6) is 5.75 Å². The standard InChI is InChI=1S/C70H104N18O24/c1-33(2)22-42(62(103)80-43(23-34(3)4)63(104)84-47(70(111)112)28-56(97)98)81-64(105)44(25-38-15-17-39(91)18-16-38)83-68(109)57(35(5)6)87-58(99)36(7)77-67(108)50-14-11-21-88(50)69(110)49(32-90)86-66(107)46(27-53(74)94)82-65(106)45(26-52(73)93)78-55(96)30-75-54(95)29-76-60(101)48(31-89)85-61(102)41(19-20-51(72)92)79-59(100)40(71)24-37-12-9-8-10-13-37/h8-10,12-13,15-18,33-36,40-50,57,89-91H,11,14,19-32,71H2,1-7H3,(H2,72,92)(H2,73,93)(H2,74,94)(H,75,95)(H,76,101)(H,77,108)(H,78,96)(H,79,100)(H,80,103)(H,81,105)(H,82,106)(H,83,109)(H,84,104)(H,85,102)(H,86,107)(H,87,99)(H,97,98)(H,111,112)/t36-,40-,41-,42-,43-,44-,45-,46-,47-,48-,49-,50-,57-/m0/s1. The number of phenolic OH excluding ortho intramolecular Hbond substituents is 1. The lowest BCUT2D eigenvalue weighted by atomic mass is 9.98. The normalized spacial score (nSPS) is 15.7. The van der Waals surface area contributed by atoms with Gasteiger partial charge in [-0.25, -0.2) is 4.79 Å². The maximum absolute atomic E-state index is 14.4. The van der Waals surface area contributed by atoms with Crippen molar-refractivity contribution in [2.45, 2.75) is 198 Å². The number of amides is 17. The highest BCUT2D eigenvalue weighted by Gasteiger charge is 2.41. The Labute approximate surface area is 643 Å².